The Balaban J connectivity index is 1.96. The van der Waals surface area contributed by atoms with Crippen LogP contribution in [0.25, 0.3) is 0 Å². The molecule has 0 aliphatic heterocycles. The first kappa shape index (κ1) is 18.2. The van der Waals surface area contributed by atoms with Gasteiger partial charge in [0.1, 0.15) is 0 Å². The van der Waals surface area contributed by atoms with Gasteiger partial charge in [-0.3, -0.25) is 25.2 Å². The number of hydrazine groups is 1. The average molecular weight is 339 g/mol. The highest BCUT2D eigenvalue weighted by atomic mass is 16.2. The van der Waals surface area contributed by atoms with Crippen molar-refractivity contribution >= 4 is 17.7 Å². The summed E-state index contributed by atoms with van der Waals surface area (Å²) in [7, 11) is 0. The monoisotopic (exact) mass is 339 g/mol. The van der Waals surface area contributed by atoms with E-state index >= 15 is 0 Å². The Morgan fingerprint density at radius 2 is 1.56 bits per heavy atom. The second kappa shape index (κ2) is 8.63. The molecule has 1 atom stereocenters. The van der Waals surface area contributed by atoms with E-state index in [2.05, 4.69) is 16.2 Å². The SMILES string of the molecule is CC(=O)N[C@@H](CC(=O)NNC(=O)c1ccccc1C)c1ccccc1. The van der Waals surface area contributed by atoms with Crippen molar-refractivity contribution in [2.45, 2.75) is 26.3 Å². The summed E-state index contributed by atoms with van der Waals surface area (Å²) in [4.78, 5) is 35.6. The van der Waals surface area contributed by atoms with Crippen LogP contribution in [-0.4, -0.2) is 17.7 Å². The molecular weight excluding hydrogens is 318 g/mol. The van der Waals surface area contributed by atoms with Gasteiger partial charge in [-0.1, -0.05) is 48.5 Å². The van der Waals surface area contributed by atoms with Gasteiger partial charge in [0.15, 0.2) is 0 Å². The van der Waals surface area contributed by atoms with Crippen molar-refractivity contribution in [2.75, 3.05) is 0 Å². The molecule has 0 fully saturated rings. The van der Waals surface area contributed by atoms with E-state index in [9.17, 15) is 14.4 Å². The highest BCUT2D eigenvalue weighted by Gasteiger charge is 2.17. The van der Waals surface area contributed by atoms with Crippen LogP contribution in [0.4, 0.5) is 0 Å². The molecule has 6 nitrogen and oxygen atoms in total. The molecule has 0 radical (unpaired) electrons. The number of hydrogen-bond acceptors (Lipinski definition) is 3. The van der Waals surface area contributed by atoms with Crippen molar-refractivity contribution in [1.29, 1.82) is 0 Å². The van der Waals surface area contributed by atoms with Gasteiger partial charge in [0.2, 0.25) is 11.8 Å². The van der Waals surface area contributed by atoms with Crippen molar-refractivity contribution in [2.24, 2.45) is 0 Å². The first-order chi connectivity index (χ1) is 12.0. The first-order valence-corrected chi connectivity index (χ1v) is 7.94. The molecule has 130 valence electrons. The van der Waals surface area contributed by atoms with Crippen LogP contribution in [-0.2, 0) is 9.59 Å². The number of benzene rings is 2. The second-order valence-electron chi connectivity index (χ2n) is 5.69. The summed E-state index contributed by atoms with van der Waals surface area (Å²) < 4.78 is 0. The molecule has 0 aliphatic carbocycles. The summed E-state index contributed by atoms with van der Waals surface area (Å²) in [6.45, 7) is 3.22. The third kappa shape index (κ3) is 5.46. The Hall–Kier alpha value is -3.15. The predicted molar refractivity (Wildman–Crippen MR) is 94.4 cm³/mol. The fourth-order valence-electron chi connectivity index (χ4n) is 2.44. The van der Waals surface area contributed by atoms with Gasteiger partial charge >= 0.3 is 0 Å². The third-order valence-electron chi connectivity index (χ3n) is 3.67. The fourth-order valence-corrected chi connectivity index (χ4v) is 2.44. The topological polar surface area (TPSA) is 87.3 Å². The van der Waals surface area contributed by atoms with Gasteiger partial charge in [0, 0.05) is 12.5 Å². The molecule has 0 aliphatic rings. The lowest BCUT2D eigenvalue weighted by Crippen LogP contribution is -2.43. The maximum atomic E-state index is 12.2. The molecule has 0 heterocycles. The molecular formula is C19H21N3O3. The van der Waals surface area contributed by atoms with E-state index in [0.29, 0.717) is 5.56 Å². The molecule has 0 spiro atoms. The zero-order valence-corrected chi connectivity index (χ0v) is 14.2. The number of nitrogens with one attached hydrogen (secondary N) is 3. The standard InChI is InChI=1S/C19H21N3O3/c1-13-8-6-7-11-16(13)19(25)22-21-18(24)12-17(20-14(2)23)15-9-4-3-5-10-15/h3-11,17H,12H2,1-2H3,(H,20,23)(H,21,24)(H,22,25)/t17-/m0/s1. The molecule has 6 heteroatoms. The van der Waals surface area contributed by atoms with Gasteiger partial charge in [-0.25, -0.2) is 0 Å². The average Bonchev–Trinajstić information content (AvgIpc) is 2.60. The van der Waals surface area contributed by atoms with Crippen molar-refractivity contribution in [3.8, 4) is 0 Å². The molecule has 0 unspecified atom stereocenters. The quantitative estimate of drug-likeness (QED) is 0.728. The third-order valence-corrected chi connectivity index (χ3v) is 3.67. The predicted octanol–water partition coefficient (Wildman–Crippen LogP) is 2.02. The summed E-state index contributed by atoms with van der Waals surface area (Å²) in [6.07, 6.45) is 0.0116. The van der Waals surface area contributed by atoms with E-state index in [1.54, 1.807) is 12.1 Å². The van der Waals surface area contributed by atoms with E-state index in [0.717, 1.165) is 11.1 Å². The fraction of sp³-hybridized carbons (Fsp3) is 0.211. The van der Waals surface area contributed by atoms with Gasteiger partial charge in [-0.05, 0) is 24.1 Å². The Labute approximate surface area is 146 Å². The molecule has 25 heavy (non-hydrogen) atoms. The van der Waals surface area contributed by atoms with Crippen LogP contribution >= 0.6 is 0 Å². The lowest BCUT2D eigenvalue weighted by molar-refractivity contribution is -0.123. The highest BCUT2D eigenvalue weighted by molar-refractivity contribution is 5.96. The Morgan fingerprint density at radius 1 is 0.920 bits per heavy atom. The van der Waals surface area contributed by atoms with E-state index in [-0.39, 0.29) is 18.2 Å². The number of rotatable bonds is 5. The molecule has 3 N–H and O–H groups in total. The molecule has 3 amide bonds. The Morgan fingerprint density at radius 3 is 2.20 bits per heavy atom. The zero-order chi connectivity index (χ0) is 18.2. The summed E-state index contributed by atoms with van der Waals surface area (Å²) >= 11 is 0. The zero-order valence-electron chi connectivity index (χ0n) is 14.2. The van der Waals surface area contributed by atoms with Crippen LogP contribution in [0.3, 0.4) is 0 Å². The molecule has 0 aromatic heterocycles. The van der Waals surface area contributed by atoms with Gasteiger partial charge in [0.05, 0.1) is 12.5 Å². The lowest BCUT2D eigenvalue weighted by Gasteiger charge is -2.18. The Kier molecular flexibility index (Phi) is 6.28. The largest absolute Gasteiger partial charge is 0.349 e. The van der Waals surface area contributed by atoms with Crippen LogP contribution in [0.15, 0.2) is 54.6 Å². The van der Waals surface area contributed by atoms with Gasteiger partial charge in [0.25, 0.3) is 5.91 Å². The van der Waals surface area contributed by atoms with Gasteiger partial charge in [-0.2, -0.15) is 0 Å². The van der Waals surface area contributed by atoms with Gasteiger partial charge in [-0.15, -0.1) is 0 Å². The minimum Gasteiger partial charge on any atom is -0.349 e. The molecule has 2 rings (SSSR count). The molecule has 2 aromatic carbocycles. The minimum absolute atomic E-state index is 0.0116. The van der Waals surface area contributed by atoms with Crippen LogP contribution in [0.1, 0.15) is 40.9 Å². The molecule has 0 saturated heterocycles. The normalized spacial score (nSPS) is 11.3. The summed E-state index contributed by atoms with van der Waals surface area (Å²) in [5.41, 5.74) is 6.91. The molecule has 2 aromatic rings. The van der Waals surface area contributed by atoms with Crippen molar-refractivity contribution < 1.29 is 14.4 Å². The maximum Gasteiger partial charge on any atom is 0.269 e. The lowest BCUT2D eigenvalue weighted by atomic mass is 10.0. The molecule has 0 saturated carbocycles. The summed E-state index contributed by atoms with van der Waals surface area (Å²) in [5.74, 6) is -1.02. The van der Waals surface area contributed by atoms with Gasteiger partial charge < -0.3 is 5.32 Å². The van der Waals surface area contributed by atoms with E-state index in [4.69, 9.17) is 0 Å². The van der Waals surface area contributed by atoms with Crippen molar-refractivity contribution in [3.63, 3.8) is 0 Å². The smallest absolute Gasteiger partial charge is 0.269 e. The number of hydrogen-bond donors (Lipinski definition) is 3. The molecule has 0 bridgehead atoms. The number of carbonyl (C=O) groups is 3. The second-order valence-corrected chi connectivity index (χ2v) is 5.69. The van der Waals surface area contributed by atoms with Crippen molar-refractivity contribution in [3.05, 3.63) is 71.3 Å². The van der Waals surface area contributed by atoms with E-state index < -0.39 is 11.9 Å². The number of carbonyl (C=O) groups excluding carboxylic acids is 3. The number of amides is 3. The summed E-state index contributed by atoms with van der Waals surface area (Å²) in [5, 5.41) is 2.74. The van der Waals surface area contributed by atoms with E-state index in [1.807, 2.05) is 49.4 Å². The van der Waals surface area contributed by atoms with Crippen LogP contribution in [0, 0.1) is 6.92 Å². The van der Waals surface area contributed by atoms with Crippen LogP contribution < -0.4 is 16.2 Å². The first-order valence-electron chi connectivity index (χ1n) is 7.94. The minimum atomic E-state index is -0.464. The highest BCUT2D eigenvalue weighted by Crippen LogP contribution is 2.16. The van der Waals surface area contributed by atoms with Crippen LogP contribution in [0.5, 0.6) is 0 Å². The van der Waals surface area contributed by atoms with E-state index in [1.165, 1.54) is 6.92 Å². The van der Waals surface area contributed by atoms with Crippen molar-refractivity contribution in [1.82, 2.24) is 16.2 Å². The maximum absolute atomic E-state index is 12.2. The summed E-state index contributed by atoms with van der Waals surface area (Å²) in [6, 6.07) is 15.8. The number of aryl methyl sites for hydroxylation is 1. The Bertz CT molecular complexity index is 760. The van der Waals surface area contributed by atoms with Crippen LogP contribution in [0.2, 0.25) is 0 Å².